The Kier molecular flexibility index (Phi) is 6.29. The van der Waals surface area contributed by atoms with Crippen LogP contribution in [0.5, 0.6) is 0 Å². The fourth-order valence-corrected chi connectivity index (χ4v) is 3.90. The lowest BCUT2D eigenvalue weighted by Crippen LogP contribution is -2.34. The third-order valence-electron chi connectivity index (χ3n) is 5.30. The number of amides is 1. The van der Waals surface area contributed by atoms with E-state index in [-0.39, 0.29) is 11.9 Å². The largest absolute Gasteiger partial charge is 0.383 e. The zero-order valence-electron chi connectivity index (χ0n) is 16.1. The Morgan fingerprint density at radius 3 is 2.69 bits per heavy atom. The monoisotopic (exact) mass is 360 g/mol. The molecule has 0 aliphatic carbocycles. The van der Waals surface area contributed by atoms with Gasteiger partial charge in [0.15, 0.2) is 0 Å². The molecule has 7 nitrogen and oxygen atoms in total. The van der Waals surface area contributed by atoms with Gasteiger partial charge in [-0.1, -0.05) is 19.8 Å². The van der Waals surface area contributed by atoms with Gasteiger partial charge in [0.05, 0.1) is 6.42 Å². The lowest BCUT2D eigenvalue weighted by Gasteiger charge is -2.27. The van der Waals surface area contributed by atoms with Gasteiger partial charge in [0.1, 0.15) is 11.6 Å². The van der Waals surface area contributed by atoms with Crippen molar-refractivity contribution in [3.05, 3.63) is 5.56 Å². The number of carbonyl (C=O) groups is 1. The topological polar surface area (TPSA) is 87.4 Å². The highest BCUT2D eigenvalue weighted by atomic mass is 16.2. The van der Waals surface area contributed by atoms with Crippen molar-refractivity contribution in [2.24, 2.45) is 0 Å². The number of nitrogens with one attached hydrogen (secondary N) is 1. The number of hydrogen-bond acceptors (Lipinski definition) is 6. The summed E-state index contributed by atoms with van der Waals surface area (Å²) in [6, 6.07) is 0.280. The van der Waals surface area contributed by atoms with E-state index in [2.05, 4.69) is 34.0 Å². The third-order valence-corrected chi connectivity index (χ3v) is 5.30. The number of nitrogens with zero attached hydrogens (tertiary/aromatic N) is 4. The first-order chi connectivity index (χ1) is 12.6. The maximum atomic E-state index is 12.5. The first-order valence-corrected chi connectivity index (χ1v) is 10.0. The summed E-state index contributed by atoms with van der Waals surface area (Å²) in [7, 11) is 0. The molecule has 0 radical (unpaired) electrons. The van der Waals surface area contributed by atoms with Crippen LogP contribution in [0.1, 0.15) is 57.9 Å². The van der Waals surface area contributed by atoms with Gasteiger partial charge >= 0.3 is 0 Å². The normalized spacial score (nSPS) is 18.8. The van der Waals surface area contributed by atoms with Crippen LogP contribution in [0, 0.1) is 0 Å². The Bertz CT molecular complexity index is 629. The number of likely N-dealkylation sites (tertiary alicyclic amines) is 1. The van der Waals surface area contributed by atoms with Crippen LogP contribution in [0.2, 0.25) is 0 Å². The van der Waals surface area contributed by atoms with Gasteiger partial charge in [0, 0.05) is 18.2 Å². The van der Waals surface area contributed by atoms with Gasteiger partial charge in [-0.25, -0.2) is 0 Å². The first kappa shape index (κ1) is 18.9. The van der Waals surface area contributed by atoms with E-state index in [0.29, 0.717) is 30.5 Å². The van der Waals surface area contributed by atoms with Gasteiger partial charge in [-0.3, -0.25) is 9.69 Å². The zero-order valence-corrected chi connectivity index (χ0v) is 16.1. The van der Waals surface area contributed by atoms with E-state index in [4.69, 9.17) is 5.73 Å². The van der Waals surface area contributed by atoms with Gasteiger partial charge in [-0.15, -0.1) is 0 Å². The molecule has 1 atom stereocenters. The minimum Gasteiger partial charge on any atom is -0.383 e. The summed E-state index contributed by atoms with van der Waals surface area (Å²) in [6.07, 6.45) is 7.34. The van der Waals surface area contributed by atoms with Crippen molar-refractivity contribution in [2.75, 3.05) is 42.1 Å². The minimum absolute atomic E-state index is 0.0819. The molecule has 144 valence electrons. The van der Waals surface area contributed by atoms with Crippen LogP contribution in [-0.2, 0) is 11.2 Å². The van der Waals surface area contributed by atoms with Crippen molar-refractivity contribution in [3.63, 3.8) is 0 Å². The lowest BCUT2D eigenvalue weighted by molar-refractivity contribution is -0.117. The molecule has 1 amide bonds. The molecular formula is C19H32N6O. The number of anilines is 3. The van der Waals surface area contributed by atoms with Crippen molar-refractivity contribution in [3.8, 4) is 0 Å². The van der Waals surface area contributed by atoms with E-state index >= 15 is 0 Å². The lowest BCUT2D eigenvalue weighted by atomic mass is 10.1. The second-order valence-corrected chi connectivity index (χ2v) is 7.55. The van der Waals surface area contributed by atoms with Crippen LogP contribution in [-0.4, -0.2) is 53.0 Å². The van der Waals surface area contributed by atoms with E-state index in [0.717, 1.165) is 31.4 Å². The fraction of sp³-hybridized carbons (Fsp3) is 0.737. The number of fused-ring (bicyclic) bond motifs is 1. The van der Waals surface area contributed by atoms with E-state index in [1.165, 1.54) is 32.4 Å². The Labute approximate surface area is 156 Å². The molecule has 0 spiro atoms. The number of piperidine rings is 1. The molecule has 3 heterocycles. The molecule has 1 fully saturated rings. The highest BCUT2D eigenvalue weighted by Gasteiger charge is 2.31. The summed E-state index contributed by atoms with van der Waals surface area (Å²) in [6.45, 7) is 8.36. The average Bonchev–Trinajstić information content (AvgIpc) is 2.93. The fourth-order valence-electron chi connectivity index (χ4n) is 3.90. The Morgan fingerprint density at radius 2 is 1.96 bits per heavy atom. The van der Waals surface area contributed by atoms with Gasteiger partial charge in [-0.2, -0.15) is 9.97 Å². The molecule has 1 aromatic heterocycles. The molecule has 0 saturated carbocycles. The second-order valence-electron chi connectivity index (χ2n) is 7.55. The molecule has 0 bridgehead atoms. The van der Waals surface area contributed by atoms with Crippen molar-refractivity contribution in [1.82, 2.24) is 14.9 Å². The Morgan fingerprint density at radius 1 is 1.19 bits per heavy atom. The zero-order chi connectivity index (χ0) is 18.5. The summed E-state index contributed by atoms with van der Waals surface area (Å²) in [5, 5.41) is 3.31. The molecule has 7 heteroatoms. The van der Waals surface area contributed by atoms with Crippen molar-refractivity contribution in [1.29, 1.82) is 0 Å². The molecule has 1 saturated heterocycles. The summed E-state index contributed by atoms with van der Waals surface area (Å²) in [5.41, 5.74) is 6.89. The van der Waals surface area contributed by atoms with Crippen LogP contribution in [0.15, 0.2) is 0 Å². The Balaban J connectivity index is 1.65. The van der Waals surface area contributed by atoms with Gasteiger partial charge in [0.2, 0.25) is 11.9 Å². The van der Waals surface area contributed by atoms with Crippen molar-refractivity contribution in [2.45, 2.75) is 64.8 Å². The molecule has 0 unspecified atom stereocenters. The maximum Gasteiger partial charge on any atom is 0.232 e. The number of nitrogen functional groups attached to an aromatic ring is 1. The smallest absolute Gasteiger partial charge is 0.232 e. The summed E-state index contributed by atoms with van der Waals surface area (Å²) in [5.74, 6) is 1.73. The van der Waals surface area contributed by atoms with E-state index in [1.807, 2.05) is 0 Å². The highest BCUT2D eigenvalue weighted by Crippen LogP contribution is 2.31. The van der Waals surface area contributed by atoms with Crippen LogP contribution in [0.25, 0.3) is 0 Å². The van der Waals surface area contributed by atoms with E-state index < -0.39 is 0 Å². The summed E-state index contributed by atoms with van der Waals surface area (Å²) in [4.78, 5) is 25.7. The summed E-state index contributed by atoms with van der Waals surface area (Å²) < 4.78 is 0. The third kappa shape index (κ3) is 4.44. The Hall–Kier alpha value is -1.89. The molecular weight excluding hydrogens is 328 g/mol. The number of aromatic nitrogens is 2. The molecule has 1 aromatic rings. The number of rotatable bonds is 8. The highest BCUT2D eigenvalue weighted by molar-refractivity contribution is 6.01. The van der Waals surface area contributed by atoms with Crippen LogP contribution < -0.4 is 16.0 Å². The minimum atomic E-state index is 0.0819. The summed E-state index contributed by atoms with van der Waals surface area (Å²) >= 11 is 0. The molecule has 3 N–H and O–H groups in total. The number of nitrogens with two attached hydrogens (primary N) is 1. The van der Waals surface area contributed by atoms with Gasteiger partial charge < -0.3 is 16.0 Å². The quantitative estimate of drug-likeness (QED) is 0.740. The number of carbonyl (C=O) groups excluding carboxylic acids is 1. The van der Waals surface area contributed by atoms with Crippen molar-refractivity contribution < 1.29 is 4.79 Å². The molecule has 26 heavy (non-hydrogen) atoms. The van der Waals surface area contributed by atoms with E-state index in [1.54, 1.807) is 4.90 Å². The van der Waals surface area contributed by atoms with Crippen LogP contribution >= 0.6 is 0 Å². The number of hydrogen-bond donors (Lipinski definition) is 2. The second kappa shape index (κ2) is 8.66. The predicted molar refractivity (Wildman–Crippen MR) is 105 cm³/mol. The van der Waals surface area contributed by atoms with Crippen LogP contribution in [0.3, 0.4) is 0 Å². The molecule has 0 aromatic carbocycles. The molecule has 3 rings (SSSR count). The molecule has 2 aliphatic heterocycles. The molecule has 2 aliphatic rings. The van der Waals surface area contributed by atoms with Crippen molar-refractivity contribution >= 4 is 23.5 Å². The predicted octanol–water partition coefficient (Wildman–Crippen LogP) is 2.42. The first-order valence-electron chi connectivity index (χ1n) is 10.0. The van der Waals surface area contributed by atoms with Crippen LogP contribution in [0.4, 0.5) is 17.6 Å². The SMILES string of the molecule is CCC[C@H](C)Nc1nc(N)c2c(n1)N(CCCN1CCCCC1)C(=O)C2. The van der Waals surface area contributed by atoms with E-state index in [9.17, 15) is 4.79 Å². The van der Waals surface area contributed by atoms with Gasteiger partial charge in [0.25, 0.3) is 0 Å². The maximum absolute atomic E-state index is 12.5. The average molecular weight is 361 g/mol. The standard InChI is InChI=1S/C19H32N6O/c1-3-8-14(2)21-19-22-17(20)15-13-16(26)25(18(15)23-19)12-7-11-24-9-5-4-6-10-24/h14H,3-13H2,1-2H3,(H3,20,21,22,23)/t14-/m0/s1. The van der Waals surface area contributed by atoms with Gasteiger partial charge in [-0.05, 0) is 52.2 Å².